The Bertz CT molecular complexity index is 364. The average molecular weight is 216 g/mol. The number of allylic oxidation sites excluding steroid dienone is 2. The van der Waals surface area contributed by atoms with Crippen molar-refractivity contribution in [2.24, 2.45) is 0 Å². The summed E-state index contributed by atoms with van der Waals surface area (Å²) in [6, 6.07) is 10.1. The zero-order chi connectivity index (χ0) is 11.6. The topological polar surface area (TPSA) is 26.3 Å². The Hall–Kier alpha value is -1.83. The number of benzene rings is 1. The van der Waals surface area contributed by atoms with E-state index in [1.165, 1.54) is 12.5 Å². The summed E-state index contributed by atoms with van der Waals surface area (Å²) in [6.07, 6.45) is 8.80. The van der Waals surface area contributed by atoms with Crippen LogP contribution in [-0.4, -0.2) is 12.6 Å². The Labute approximate surface area is 96.2 Å². The van der Waals surface area contributed by atoms with Crippen molar-refractivity contribution in [3.05, 3.63) is 54.1 Å². The third-order valence-electron chi connectivity index (χ3n) is 1.93. The third kappa shape index (κ3) is 5.81. The minimum absolute atomic E-state index is 0.246. The lowest BCUT2D eigenvalue weighted by Crippen LogP contribution is -1.97. The molecule has 0 radical (unpaired) electrons. The smallest absolute Gasteiger partial charge is 0.302 e. The second-order valence-electron chi connectivity index (χ2n) is 3.32. The molecule has 0 heterocycles. The van der Waals surface area contributed by atoms with Gasteiger partial charge < -0.3 is 4.74 Å². The van der Waals surface area contributed by atoms with E-state index in [0.29, 0.717) is 6.61 Å². The van der Waals surface area contributed by atoms with Crippen LogP contribution in [0, 0.1) is 0 Å². The Balaban J connectivity index is 2.20. The van der Waals surface area contributed by atoms with Crippen molar-refractivity contribution < 1.29 is 9.53 Å². The average Bonchev–Trinajstić information content (AvgIpc) is 2.29. The number of ether oxygens (including phenoxy) is 1. The van der Waals surface area contributed by atoms with Gasteiger partial charge in [-0.2, -0.15) is 0 Å². The lowest BCUT2D eigenvalue weighted by atomic mass is 10.2. The predicted molar refractivity (Wildman–Crippen MR) is 65.9 cm³/mol. The Morgan fingerprint density at radius 1 is 1.19 bits per heavy atom. The van der Waals surface area contributed by atoms with Crippen LogP contribution in [0.15, 0.2) is 48.6 Å². The number of esters is 1. The third-order valence-corrected chi connectivity index (χ3v) is 1.93. The first-order chi connectivity index (χ1) is 7.79. The van der Waals surface area contributed by atoms with Crippen molar-refractivity contribution >= 4 is 12.0 Å². The van der Waals surface area contributed by atoms with Crippen LogP contribution in [0.3, 0.4) is 0 Å². The molecular formula is C14H16O2. The van der Waals surface area contributed by atoms with E-state index in [0.717, 1.165) is 6.42 Å². The summed E-state index contributed by atoms with van der Waals surface area (Å²) in [5.74, 6) is -0.246. The van der Waals surface area contributed by atoms with Gasteiger partial charge in [-0.3, -0.25) is 4.79 Å². The molecule has 0 unspecified atom stereocenters. The van der Waals surface area contributed by atoms with Gasteiger partial charge in [-0.05, 0) is 12.0 Å². The lowest BCUT2D eigenvalue weighted by molar-refractivity contribution is -0.139. The van der Waals surface area contributed by atoms with E-state index in [4.69, 9.17) is 4.74 Å². The molecule has 0 fully saturated rings. The van der Waals surface area contributed by atoms with Crippen molar-refractivity contribution in [3.8, 4) is 0 Å². The molecule has 0 aliphatic heterocycles. The minimum atomic E-state index is -0.246. The molecule has 2 heteroatoms. The molecule has 1 aromatic carbocycles. The quantitative estimate of drug-likeness (QED) is 0.558. The summed E-state index contributed by atoms with van der Waals surface area (Å²) in [7, 11) is 0. The Morgan fingerprint density at radius 2 is 1.94 bits per heavy atom. The largest absolute Gasteiger partial charge is 0.462 e. The molecule has 0 saturated heterocycles. The van der Waals surface area contributed by atoms with Crippen molar-refractivity contribution in [2.75, 3.05) is 6.61 Å². The summed E-state index contributed by atoms with van der Waals surface area (Å²) in [6.45, 7) is 1.76. The van der Waals surface area contributed by atoms with Gasteiger partial charge in [0, 0.05) is 6.92 Å². The number of hydrogen-bond donors (Lipinski definition) is 0. The first-order valence-corrected chi connectivity index (χ1v) is 5.29. The predicted octanol–water partition coefficient (Wildman–Crippen LogP) is 3.21. The SMILES string of the molecule is CC(=O)OCC=CCC=Cc1ccccc1. The number of rotatable bonds is 5. The van der Waals surface area contributed by atoms with Gasteiger partial charge in [0.1, 0.15) is 6.61 Å². The molecule has 16 heavy (non-hydrogen) atoms. The van der Waals surface area contributed by atoms with E-state index in [-0.39, 0.29) is 5.97 Å². The molecule has 1 rings (SSSR count). The fraction of sp³-hybridized carbons (Fsp3) is 0.214. The van der Waals surface area contributed by atoms with Crippen LogP contribution in [0.4, 0.5) is 0 Å². The maximum atomic E-state index is 10.4. The molecule has 0 saturated carbocycles. The van der Waals surface area contributed by atoms with E-state index in [2.05, 4.69) is 24.3 Å². The molecule has 0 aliphatic rings. The van der Waals surface area contributed by atoms with Crippen LogP contribution in [0.2, 0.25) is 0 Å². The maximum absolute atomic E-state index is 10.4. The summed E-state index contributed by atoms with van der Waals surface area (Å²) in [4.78, 5) is 10.4. The van der Waals surface area contributed by atoms with E-state index < -0.39 is 0 Å². The fourth-order valence-electron chi connectivity index (χ4n) is 1.18. The zero-order valence-corrected chi connectivity index (χ0v) is 9.43. The normalized spacial score (nSPS) is 11.1. The van der Waals surface area contributed by atoms with Crippen molar-refractivity contribution in [1.29, 1.82) is 0 Å². The summed E-state index contributed by atoms with van der Waals surface area (Å²) >= 11 is 0. The highest BCUT2D eigenvalue weighted by Crippen LogP contribution is 2.01. The molecule has 2 nitrogen and oxygen atoms in total. The van der Waals surface area contributed by atoms with E-state index >= 15 is 0 Å². The molecule has 0 spiro atoms. The van der Waals surface area contributed by atoms with Crippen molar-refractivity contribution in [2.45, 2.75) is 13.3 Å². The summed E-state index contributed by atoms with van der Waals surface area (Å²) < 4.78 is 4.76. The monoisotopic (exact) mass is 216 g/mol. The zero-order valence-electron chi connectivity index (χ0n) is 9.43. The highest BCUT2D eigenvalue weighted by molar-refractivity contribution is 5.65. The summed E-state index contributed by atoms with van der Waals surface area (Å²) in [5.41, 5.74) is 1.19. The summed E-state index contributed by atoms with van der Waals surface area (Å²) in [5, 5.41) is 0. The van der Waals surface area contributed by atoms with Crippen LogP contribution in [0.5, 0.6) is 0 Å². The van der Waals surface area contributed by atoms with Crippen molar-refractivity contribution in [3.63, 3.8) is 0 Å². The van der Waals surface area contributed by atoms with Crippen LogP contribution in [0.25, 0.3) is 6.08 Å². The maximum Gasteiger partial charge on any atom is 0.302 e. The first-order valence-electron chi connectivity index (χ1n) is 5.29. The molecule has 0 aliphatic carbocycles. The molecule has 0 amide bonds. The van der Waals surface area contributed by atoms with Gasteiger partial charge in [0.2, 0.25) is 0 Å². The van der Waals surface area contributed by atoms with Gasteiger partial charge in [-0.25, -0.2) is 0 Å². The van der Waals surface area contributed by atoms with Gasteiger partial charge in [0.15, 0.2) is 0 Å². The fourth-order valence-corrected chi connectivity index (χ4v) is 1.18. The van der Waals surface area contributed by atoms with Crippen LogP contribution < -0.4 is 0 Å². The molecule has 84 valence electrons. The second kappa shape index (κ2) is 7.46. The van der Waals surface area contributed by atoms with Gasteiger partial charge >= 0.3 is 5.97 Å². The van der Waals surface area contributed by atoms with Gasteiger partial charge in [0.05, 0.1) is 0 Å². The highest BCUT2D eigenvalue weighted by atomic mass is 16.5. The van der Waals surface area contributed by atoms with Gasteiger partial charge in [0.25, 0.3) is 0 Å². The van der Waals surface area contributed by atoms with E-state index in [9.17, 15) is 4.79 Å². The first kappa shape index (κ1) is 12.2. The highest BCUT2D eigenvalue weighted by Gasteiger charge is 1.85. The van der Waals surface area contributed by atoms with E-state index in [1.807, 2.05) is 30.4 Å². The Morgan fingerprint density at radius 3 is 2.62 bits per heavy atom. The molecule has 0 N–H and O–H groups in total. The van der Waals surface area contributed by atoms with Crippen LogP contribution >= 0.6 is 0 Å². The molecule has 0 aromatic heterocycles. The lowest BCUT2D eigenvalue weighted by Gasteiger charge is -1.93. The van der Waals surface area contributed by atoms with Crippen LogP contribution in [0.1, 0.15) is 18.9 Å². The number of hydrogen-bond acceptors (Lipinski definition) is 2. The standard InChI is InChI=1S/C14H16O2/c1-13(15)16-12-8-3-2-5-9-14-10-6-4-7-11-14/h3-11H,2,12H2,1H3. The Kier molecular flexibility index (Phi) is 5.71. The number of carbonyl (C=O) groups is 1. The second-order valence-corrected chi connectivity index (χ2v) is 3.32. The molecule has 0 atom stereocenters. The number of carbonyl (C=O) groups excluding carboxylic acids is 1. The van der Waals surface area contributed by atoms with E-state index in [1.54, 1.807) is 0 Å². The molecule has 1 aromatic rings. The van der Waals surface area contributed by atoms with Gasteiger partial charge in [-0.1, -0.05) is 54.6 Å². The molecule has 0 bridgehead atoms. The van der Waals surface area contributed by atoms with Crippen LogP contribution in [-0.2, 0) is 9.53 Å². The van der Waals surface area contributed by atoms with Gasteiger partial charge in [-0.15, -0.1) is 0 Å². The minimum Gasteiger partial charge on any atom is -0.462 e. The van der Waals surface area contributed by atoms with Crippen molar-refractivity contribution in [1.82, 2.24) is 0 Å². The molecular weight excluding hydrogens is 200 g/mol.